The van der Waals surface area contributed by atoms with Gasteiger partial charge in [-0.25, -0.2) is 4.39 Å². The van der Waals surface area contributed by atoms with Crippen LogP contribution in [0.4, 0.5) is 4.39 Å². The minimum atomic E-state index is -0.213. The third kappa shape index (κ3) is 2.80. The first-order valence-corrected chi connectivity index (χ1v) is 5.02. The van der Waals surface area contributed by atoms with Crippen LogP contribution in [0.2, 0.25) is 0 Å². The van der Waals surface area contributed by atoms with Gasteiger partial charge in [-0.05, 0) is 17.7 Å². The lowest BCUT2D eigenvalue weighted by atomic mass is 10.2. The molecule has 0 radical (unpaired) electrons. The van der Waals surface area contributed by atoms with Gasteiger partial charge in [-0.2, -0.15) is 0 Å². The van der Waals surface area contributed by atoms with Gasteiger partial charge in [0.15, 0.2) is 0 Å². The molecule has 1 N–H and O–H groups in total. The molecule has 1 atom stereocenters. The molecule has 1 unspecified atom stereocenters. The molecule has 15 heavy (non-hydrogen) atoms. The lowest BCUT2D eigenvalue weighted by molar-refractivity contribution is 0.0553. The van der Waals surface area contributed by atoms with Crippen LogP contribution in [0.15, 0.2) is 36.5 Å². The average molecular weight is 207 g/mol. The summed E-state index contributed by atoms with van der Waals surface area (Å²) < 4.78 is 18.3. The number of rotatable bonds is 3. The number of ether oxygens (including phenoxy) is 1. The van der Waals surface area contributed by atoms with Crippen LogP contribution < -0.4 is 5.32 Å². The predicted molar refractivity (Wildman–Crippen MR) is 56.7 cm³/mol. The van der Waals surface area contributed by atoms with Gasteiger partial charge in [0.2, 0.25) is 0 Å². The molecule has 0 aliphatic carbocycles. The van der Waals surface area contributed by atoms with Crippen molar-refractivity contribution < 1.29 is 9.13 Å². The molecule has 2 nitrogen and oxygen atoms in total. The molecule has 0 saturated carbocycles. The minimum absolute atomic E-state index is 0.197. The van der Waals surface area contributed by atoms with Gasteiger partial charge < -0.3 is 10.1 Å². The smallest absolute Gasteiger partial charge is 0.123 e. The highest BCUT2D eigenvalue weighted by Crippen LogP contribution is 2.14. The van der Waals surface area contributed by atoms with Crippen molar-refractivity contribution in [1.29, 1.82) is 0 Å². The lowest BCUT2D eigenvalue weighted by Gasteiger charge is -2.09. The number of halogens is 1. The molecule has 1 heterocycles. The Morgan fingerprint density at radius 2 is 2.13 bits per heavy atom. The summed E-state index contributed by atoms with van der Waals surface area (Å²) in [4.78, 5) is 0. The second kappa shape index (κ2) is 4.45. The fourth-order valence-corrected chi connectivity index (χ4v) is 1.59. The van der Waals surface area contributed by atoms with Crippen molar-refractivity contribution in [3.8, 4) is 0 Å². The normalized spacial score (nSPS) is 20.3. The summed E-state index contributed by atoms with van der Waals surface area (Å²) in [6, 6.07) is 6.38. The Morgan fingerprint density at radius 1 is 1.40 bits per heavy atom. The lowest BCUT2D eigenvalue weighted by Crippen LogP contribution is -2.16. The van der Waals surface area contributed by atoms with E-state index in [-0.39, 0.29) is 11.9 Å². The Hall–Kier alpha value is -1.35. The fraction of sp³-hybridized carbons (Fsp3) is 0.333. The van der Waals surface area contributed by atoms with Crippen LogP contribution in [-0.4, -0.2) is 12.6 Å². The van der Waals surface area contributed by atoms with E-state index in [2.05, 4.69) is 11.9 Å². The molecular formula is C12H14FNO. The van der Waals surface area contributed by atoms with Crippen LogP contribution in [0.25, 0.3) is 0 Å². The van der Waals surface area contributed by atoms with Crippen molar-refractivity contribution in [2.75, 3.05) is 6.54 Å². The van der Waals surface area contributed by atoms with Crippen LogP contribution in [-0.2, 0) is 11.3 Å². The van der Waals surface area contributed by atoms with E-state index < -0.39 is 0 Å². The summed E-state index contributed by atoms with van der Waals surface area (Å²) in [5.41, 5.74) is 2.02. The molecule has 3 heteroatoms. The monoisotopic (exact) mass is 207 g/mol. The Bertz CT molecular complexity index is 347. The highest BCUT2D eigenvalue weighted by atomic mass is 19.1. The zero-order valence-electron chi connectivity index (χ0n) is 8.50. The Kier molecular flexibility index (Phi) is 3.02. The van der Waals surface area contributed by atoms with Crippen molar-refractivity contribution in [1.82, 2.24) is 5.32 Å². The summed E-state index contributed by atoms with van der Waals surface area (Å²) >= 11 is 0. The van der Waals surface area contributed by atoms with Gasteiger partial charge in [0, 0.05) is 18.7 Å². The van der Waals surface area contributed by atoms with E-state index >= 15 is 0 Å². The predicted octanol–water partition coefficient (Wildman–Crippen LogP) is 2.22. The largest absolute Gasteiger partial charge is 0.386 e. The first kappa shape index (κ1) is 10.2. The van der Waals surface area contributed by atoms with Crippen LogP contribution >= 0.6 is 0 Å². The Balaban J connectivity index is 1.83. The van der Waals surface area contributed by atoms with E-state index in [4.69, 9.17) is 4.74 Å². The van der Waals surface area contributed by atoms with Gasteiger partial charge in [-0.3, -0.25) is 0 Å². The van der Waals surface area contributed by atoms with Crippen molar-refractivity contribution >= 4 is 0 Å². The molecule has 0 amide bonds. The Labute approximate surface area is 88.8 Å². The van der Waals surface area contributed by atoms with Crippen LogP contribution in [0.5, 0.6) is 0 Å². The second-order valence-corrected chi connectivity index (χ2v) is 3.75. The molecule has 1 aliphatic heterocycles. The summed E-state index contributed by atoms with van der Waals surface area (Å²) in [6.45, 7) is 5.18. The van der Waals surface area contributed by atoms with Crippen molar-refractivity contribution in [3.05, 3.63) is 47.9 Å². The van der Waals surface area contributed by atoms with Crippen LogP contribution in [0.3, 0.4) is 0 Å². The van der Waals surface area contributed by atoms with E-state index in [1.165, 1.54) is 12.1 Å². The highest BCUT2D eigenvalue weighted by Gasteiger charge is 2.17. The molecule has 1 saturated heterocycles. The zero-order valence-corrected chi connectivity index (χ0v) is 8.50. The van der Waals surface area contributed by atoms with Crippen molar-refractivity contribution in [2.24, 2.45) is 0 Å². The fourth-order valence-electron chi connectivity index (χ4n) is 1.59. The highest BCUT2D eigenvalue weighted by molar-refractivity contribution is 5.15. The van der Waals surface area contributed by atoms with E-state index in [1.54, 1.807) is 12.1 Å². The standard InChI is InChI=1S/C12H14FNO/c1-9-6-12(7-14-9)15-8-10-2-4-11(13)5-3-10/h2-5,12,14H,1,6-8H2. The quantitative estimate of drug-likeness (QED) is 0.820. The summed E-state index contributed by atoms with van der Waals surface area (Å²) in [5, 5.41) is 3.14. The number of hydrogen-bond acceptors (Lipinski definition) is 2. The topological polar surface area (TPSA) is 21.3 Å². The summed E-state index contributed by atoms with van der Waals surface area (Å²) in [6.07, 6.45) is 1.06. The van der Waals surface area contributed by atoms with Crippen molar-refractivity contribution in [2.45, 2.75) is 19.1 Å². The van der Waals surface area contributed by atoms with Crippen LogP contribution in [0.1, 0.15) is 12.0 Å². The van der Waals surface area contributed by atoms with Gasteiger partial charge in [0.05, 0.1) is 12.7 Å². The maximum absolute atomic E-state index is 12.6. The Morgan fingerprint density at radius 3 is 2.73 bits per heavy atom. The van der Waals surface area contributed by atoms with Gasteiger partial charge in [0.25, 0.3) is 0 Å². The van der Waals surface area contributed by atoms with Gasteiger partial charge in [0.1, 0.15) is 5.82 Å². The average Bonchev–Trinajstić information content (AvgIpc) is 2.64. The number of hydrogen-bond donors (Lipinski definition) is 1. The molecule has 80 valence electrons. The third-order valence-electron chi connectivity index (χ3n) is 2.45. The first-order valence-electron chi connectivity index (χ1n) is 5.02. The maximum atomic E-state index is 12.6. The molecule has 0 spiro atoms. The molecule has 1 aromatic carbocycles. The molecule has 1 aromatic rings. The van der Waals surface area contributed by atoms with E-state index in [0.717, 1.165) is 24.2 Å². The van der Waals surface area contributed by atoms with Crippen molar-refractivity contribution in [3.63, 3.8) is 0 Å². The second-order valence-electron chi connectivity index (χ2n) is 3.75. The van der Waals surface area contributed by atoms with Gasteiger partial charge in [-0.15, -0.1) is 0 Å². The van der Waals surface area contributed by atoms with Gasteiger partial charge in [-0.1, -0.05) is 18.7 Å². The molecule has 0 aromatic heterocycles. The first-order chi connectivity index (χ1) is 7.24. The summed E-state index contributed by atoms with van der Waals surface area (Å²) in [7, 11) is 0. The molecule has 1 aliphatic rings. The molecule has 2 rings (SSSR count). The molecule has 0 bridgehead atoms. The minimum Gasteiger partial charge on any atom is -0.386 e. The SMILES string of the molecule is C=C1CC(OCc2ccc(F)cc2)CN1. The zero-order chi connectivity index (χ0) is 10.7. The molecule has 1 fully saturated rings. The number of nitrogens with one attached hydrogen (secondary N) is 1. The maximum Gasteiger partial charge on any atom is 0.123 e. The summed E-state index contributed by atoms with van der Waals surface area (Å²) in [5.74, 6) is -0.213. The van der Waals surface area contributed by atoms with Crippen LogP contribution in [0, 0.1) is 5.82 Å². The van der Waals surface area contributed by atoms with E-state index in [1.807, 2.05) is 0 Å². The third-order valence-corrected chi connectivity index (χ3v) is 2.45. The van der Waals surface area contributed by atoms with E-state index in [9.17, 15) is 4.39 Å². The van der Waals surface area contributed by atoms with Gasteiger partial charge >= 0.3 is 0 Å². The number of benzene rings is 1. The molecular weight excluding hydrogens is 193 g/mol. The van der Waals surface area contributed by atoms with E-state index in [0.29, 0.717) is 6.61 Å².